The maximum atomic E-state index is 10.6. The van der Waals surface area contributed by atoms with Crippen molar-refractivity contribution in [2.45, 2.75) is 39.5 Å². The van der Waals surface area contributed by atoms with Gasteiger partial charge in [0.2, 0.25) is 0 Å². The Morgan fingerprint density at radius 2 is 2.29 bits per heavy atom. The molecule has 0 amide bonds. The lowest BCUT2D eigenvalue weighted by atomic mass is 10.1. The van der Waals surface area contributed by atoms with Crippen LogP contribution in [0.4, 0.5) is 0 Å². The Bertz CT molecular complexity index is 263. The van der Waals surface area contributed by atoms with Crippen molar-refractivity contribution < 1.29 is 4.79 Å². The minimum atomic E-state index is 0.863. The first-order valence-electron chi connectivity index (χ1n) is 5.26. The van der Waals surface area contributed by atoms with Crippen LogP contribution < -0.4 is 0 Å². The molecule has 78 valence electrons. The van der Waals surface area contributed by atoms with Crippen LogP contribution in [0.1, 0.15) is 39.5 Å². The Morgan fingerprint density at radius 1 is 1.50 bits per heavy atom. The van der Waals surface area contributed by atoms with Crippen LogP contribution in [-0.2, 0) is 4.79 Å². The molecule has 0 saturated heterocycles. The average molecular weight is 210 g/mol. The molecule has 0 aromatic rings. The molecular weight excluding hydrogens is 192 g/mol. The molecule has 0 aromatic carbocycles. The molecule has 1 aliphatic rings. The summed E-state index contributed by atoms with van der Waals surface area (Å²) in [5.74, 6) is 0.863. The lowest BCUT2D eigenvalue weighted by molar-refractivity contribution is -0.104. The van der Waals surface area contributed by atoms with Crippen LogP contribution >= 0.6 is 11.8 Å². The van der Waals surface area contributed by atoms with Gasteiger partial charge in [0.1, 0.15) is 6.29 Å². The monoisotopic (exact) mass is 210 g/mol. The van der Waals surface area contributed by atoms with E-state index < -0.39 is 0 Å². The van der Waals surface area contributed by atoms with Crippen molar-refractivity contribution in [3.05, 3.63) is 22.1 Å². The summed E-state index contributed by atoms with van der Waals surface area (Å²) in [4.78, 5) is 12.0. The third kappa shape index (κ3) is 3.33. The van der Waals surface area contributed by atoms with Crippen molar-refractivity contribution in [2.75, 3.05) is 5.75 Å². The maximum absolute atomic E-state index is 10.6. The van der Waals surface area contributed by atoms with Gasteiger partial charge in [-0.3, -0.25) is 4.79 Å². The van der Waals surface area contributed by atoms with Gasteiger partial charge in [-0.15, -0.1) is 11.8 Å². The molecule has 0 aliphatic carbocycles. The highest BCUT2D eigenvalue weighted by atomic mass is 32.2. The number of hydrogen-bond acceptors (Lipinski definition) is 2. The summed E-state index contributed by atoms with van der Waals surface area (Å²) in [7, 11) is 0. The molecule has 1 heterocycles. The second-order valence-corrected chi connectivity index (χ2v) is 4.76. The first kappa shape index (κ1) is 11.6. The van der Waals surface area contributed by atoms with Crippen molar-refractivity contribution in [1.29, 1.82) is 0 Å². The molecule has 0 bridgehead atoms. The van der Waals surface area contributed by atoms with E-state index in [1.54, 1.807) is 0 Å². The number of carbonyl (C=O) groups is 1. The molecule has 1 aliphatic heterocycles. The Balaban J connectivity index is 2.52. The third-order valence-corrected chi connectivity index (χ3v) is 3.77. The quantitative estimate of drug-likeness (QED) is 0.508. The van der Waals surface area contributed by atoms with Crippen LogP contribution in [0.3, 0.4) is 0 Å². The summed E-state index contributed by atoms with van der Waals surface area (Å²) < 4.78 is 0. The number of aldehydes is 1. The first-order valence-corrected chi connectivity index (χ1v) is 6.24. The zero-order valence-electron chi connectivity index (χ0n) is 9.01. The summed E-state index contributed by atoms with van der Waals surface area (Å²) in [5.41, 5.74) is 2.21. The highest BCUT2D eigenvalue weighted by Gasteiger charge is 2.10. The molecule has 0 saturated carbocycles. The number of hydrogen-bond donors (Lipinski definition) is 0. The van der Waals surface area contributed by atoms with E-state index >= 15 is 0 Å². The zero-order chi connectivity index (χ0) is 10.4. The van der Waals surface area contributed by atoms with E-state index in [2.05, 4.69) is 13.8 Å². The number of unbranched alkanes of at least 4 members (excludes halogenated alkanes) is 2. The van der Waals surface area contributed by atoms with Gasteiger partial charge in [0.25, 0.3) is 0 Å². The van der Waals surface area contributed by atoms with Crippen LogP contribution in [0.2, 0.25) is 0 Å². The van der Waals surface area contributed by atoms with E-state index in [1.807, 2.05) is 17.8 Å². The van der Waals surface area contributed by atoms with Crippen LogP contribution in [0.5, 0.6) is 0 Å². The van der Waals surface area contributed by atoms with E-state index in [4.69, 9.17) is 0 Å². The third-order valence-electron chi connectivity index (χ3n) is 2.41. The summed E-state index contributed by atoms with van der Waals surface area (Å²) >= 11 is 1.83. The second kappa shape index (κ2) is 6.07. The van der Waals surface area contributed by atoms with E-state index in [0.29, 0.717) is 0 Å². The minimum absolute atomic E-state index is 0.863. The molecule has 14 heavy (non-hydrogen) atoms. The average Bonchev–Trinajstić information content (AvgIpc) is 2.20. The molecule has 0 aromatic heterocycles. The highest BCUT2D eigenvalue weighted by molar-refractivity contribution is 8.03. The predicted octanol–water partition coefficient (Wildman–Crippen LogP) is 3.71. The van der Waals surface area contributed by atoms with Gasteiger partial charge in [0.05, 0.1) is 0 Å². The number of rotatable bonds is 5. The van der Waals surface area contributed by atoms with Gasteiger partial charge in [-0.2, -0.15) is 0 Å². The molecule has 2 heteroatoms. The molecule has 0 N–H and O–H groups in total. The zero-order valence-corrected chi connectivity index (χ0v) is 9.82. The Kier molecular flexibility index (Phi) is 5.02. The molecule has 0 spiro atoms. The first-order chi connectivity index (χ1) is 6.77. The summed E-state index contributed by atoms with van der Waals surface area (Å²) in [5, 5.41) is 0. The summed E-state index contributed by atoms with van der Waals surface area (Å²) in [6.45, 7) is 4.33. The summed E-state index contributed by atoms with van der Waals surface area (Å²) in [6.07, 6.45) is 8.05. The van der Waals surface area contributed by atoms with Crippen molar-refractivity contribution >= 4 is 18.0 Å². The fourth-order valence-electron chi connectivity index (χ4n) is 1.56. The predicted molar refractivity (Wildman–Crippen MR) is 63.4 cm³/mol. The van der Waals surface area contributed by atoms with Crippen molar-refractivity contribution in [1.82, 2.24) is 0 Å². The van der Waals surface area contributed by atoms with Crippen molar-refractivity contribution in [2.24, 2.45) is 0 Å². The Labute approximate surface area is 90.7 Å². The summed E-state index contributed by atoms with van der Waals surface area (Å²) in [6, 6.07) is 0. The molecule has 1 nitrogen and oxygen atoms in total. The number of carbonyl (C=O) groups excluding carboxylic acids is 1. The van der Waals surface area contributed by atoms with Gasteiger partial charge in [0.15, 0.2) is 0 Å². The fourth-order valence-corrected chi connectivity index (χ4v) is 2.63. The lowest BCUT2D eigenvalue weighted by Gasteiger charge is -2.14. The SMILES string of the molecule is CCCCCC1=C(C)C=C(C=O)CS1. The minimum Gasteiger partial charge on any atom is -0.298 e. The van der Waals surface area contributed by atoms with Gasteiger partial charge >= 0.3 is 0 Å². The molecule has 0 radical (unpaired) electrons. The molecule has 0 atom stereocenters. The Hall–Kier alpha value is -0.500. The normalized spacial score (nSPS) is 16.9. The Morgan fingerprint density at radius 3 is 2.86 bits per heavy atom. The van der Waals surface area contributed by atoms with E-state index in [0.717, 1.165) is 17.6 Å². The van der Waals surface area contributed by atoms with Crippen LogP contribution in [-0.4, -0.2) is 12.0 Å². The fraction of sp³-hybridized carbons (Fsp3) is 0.583. The van der Waals surface area contributed by atoms with Gasteiger partial charge in [0, 0.05) is 11.3 Å². The van der Waals surface area contributed by atoms with Crippen LogP contribution in [0.15, 0.2) is 22.1 Å². The topological polar surface area (TPSA) is 17.1 Å². The molecule has 1 rings (SSSR count). The smallest absolute Gasteiger partial charge is 0.146 e. The van der Waals surface area contributed by atoms with E-state index in [-0.39, 0.29) is 0 Å². The molecule has 0 unspecified atom stereocenters. The largest absolute Gasteiger partial charge is 0.298 e. The van der Waals surface area contributed by atoms with Gasteiger partial charge < -0.3 is 0 Å². The highest BCUT2D eigenvalue weighted by Crippen LogP contribution is 2.31. The van der Waals surface area contributed by atoms with Gasteiger partial charge in [-0.25, -0.2) is 0 Å². The van der Waals surface area contributed by atoms with Gasteiger partial charge in [-0.1, -0.05) is 25.8 Å². The van der Waals surface area contributed by atoms with Crippen molar-refractivity contribution in [3.63, 3.8) is 0 Å². The number of thioether (sulfide) groups is 1. The van der Waals surface area contributed by atoms with E-state index in [1.165, 1.54) is 36.2 Å². The van der Waals surface area contributed by atoms with Crippen molar-refractivity contribution in [3.8, 4) is 0 Å². The standard InChI is InChI=1S/C12H18OS/c1-3-4-5-6-12-10(2)7-11(8-13)9-14-12/h7-8H,3-6,9H2,1-2H3. The van der Waals surface area contributed by atoms with Crippen LogP contribution in [0.25, 0.3) is 0 Å². The lowest BCUT2D eigenvalue weighted by Crippen LogP contribution is -1.98. The molecule has 0 fully saturated rings. The maximum Gasteiger partial charge on any atom is 0.146 e. The van der Waals surface area contributed by atoms with Crippen LogP contribution in [0, 0.1) is 0 Å². The molecular formula is C12H18OS. The van der Waals surface area contributed by atoms with Gasteiger partial charge in [-0.05, 0) is 30.2 Å². The second-order valence-electron chi connectivity index (χ2n) is 3.69. The number of allylic oxidation sites excluding steroid dienone is 3. The van der Waals surface area contributed by atoms with E-state index in [9.17, 15) is 4.79 Å².